The molecule has 0 saturated carbocycles. The second-order valence-electron chi connectivity index (χ2n) is 6.01. The predicted octanol–water partition coefficient (Wildman–Crippen LogP) is 1.33. The Morgan fingerprint density at radius 3 is 2.57 bits per heavy atom. The molecule has 0 saturated heterocycles. The van der Waals surface area contributed by atoms with Gasteiger partial charge < -0.3 is 15.1 Å². The lowest BCUT2D eigenvalue weighted by molar-refractivity contribution is -0.138. The summed E-state index contributed by atoms with van der Waals surface area (Å²) in [5.41, 5.74) is 0.426. The molecule has 2 amide bonds. The largest absolute Gasteiger partial charge is 0.480 e. The maximum atomic E-state index is 12.6. The normalized spacial score (nSPS) is 17.5. The van der Waals surface area contributed by atoms with Crippen LogP contribution < -0.4 is 4.90 Å². The monoisotopic (exact) mass is 292 g/mol. The van der Waals surface area contributed by atoms with Crippen molar-refractivity contribution in [2.45, 2.75) is 31.9 Å². The Hall–Kier alpha value is -2.08. The summed E-state index contributed by atoms with van der Waals surface area (Å²) in [5.74, 6) is -1.03. The second kappa shape index (κ2) is 5.37. The van der Waals surface area contributed by atoms with Gasteiger partial charge in [-0.2, -0.15) is 0 Å². The predicted molar refractivity (Wildman–Crippen MR) is 78.4 cm³/mol. The van der Waals surface area contributed by atoms with Crippen molar-refractivity contribution in [3.05, 3.63) is 29.8 Å². The number of para-hydroxylation sites is 1. The van der Waals surface area contributed by atoms with Gasteiger partial charge in [-0.25, -0.2) is 9.59 Å². The Morgan fingerprint density at radius 2 is 2.00 bits per heavy atom. The molecule has 6 heteroatoms. The quantitative estimate of drug-likeness (QED) is 0.880. The number of aliphatic carboxylic acids is 1. The molecular weight excluding hydrogens is 272 g/mol. The molecule has 1 aliphatic rings. The van der Waals surface area contributed by atoms with Crippen molar-refractivity contribution in [2.75, 3.05) is 18.5 Å². The summed E-state index contributed by atoms with van der Waals surface area (Å²) < 4.78 is 0. The molecule has 0 aliphatic carbocycles. The number of carboxylic acids is 1. The number of anilines is 1. The van der Waals surface area contributed by atoms with Crippen LogP contribution in [0.4, 0.5) is 10.5 Å². The summed E-state index contributed by atoms with van der Waals surface area (Å²) in [7, 11) is 1.56. The number of carbonyl (C=O) groups excluding carboxylic acids is 1. The number of nitrogens with zero attached hydrogens (tertiary/aromatic N) is 2. The fourth-order valence-corrected chi connectivity index (χ4v) is 2.65. The van der Waals surface area contributed by atoms with Crippen LogP contribution >= 0.6 is 0 Å². The van der Waals surface area contributed by atoms with Gasteiger partial charge in [0, 0.05) is 19.2 Å². The molecule has 0 fully saturated rings. The summed E-state index contributed by atoms with van der Waals surface area (Å²) in [6.07, 6.45) is 0.299. The SMILES string of the molecule is CN(CC(C)(C)O)C(=O)N1c2ccccc2C[C@H]1C(=O)O. The molecule has 0 aromatic heterocycles. The molecule has 1 heterocycles. The molecule has 6 nitrogen and oxygen atoms in total. The standard InChI is InChI=1S/C15H20N2O4/c1-15(2,21)9-16(3)14(20)17-11-7-5-4-6-10(11)8-12(17)13(18)19/h4-7,12,21H,8-9H2,1-3H3,(H,18,19)/t12-/m0/s1. The molecule has 21 heavy (non-hydrogen) atoms. The molecule has 114 valence electrons. The Labute approximate surface area is 123 Å². The fraction of sp³-hybridized carbons (Fsp3) is 0.467. The van der Waals surface area contributed by atoms with E-state index in [-0.39, 0.29) is 6.54 Å². The molecule has 2 N–H and O–H groups in total. The molecule has 0 bridgehead atoms. The topological polar surface area (TPSA) is 81.1 Å². The number of carboxylic acid groups (broad SMARTS) is 1. The molecular formula is C15H20N2O4. The number of hydrogen-bond donors (Lipinski definition) is 2. The Bertz CT molecular complexity index is 565. The number of carbonyl (C=O) groups is 2. The highest BCUT2D eigenvalue weighted by molar-refractivity contribution is 6.00. The van der Waals surface area contributed by atoms with Crippen LogP contribution in [0.1, 0.15) is 19.4 Å². The highest BCUT2D eigenvalue weighted by Gasteiger charge is 2.40. The first kappa shape index (κ1) is 15.3. The maximum Gasteiger partial charge on any atom is 0.327 e. The minimum absolute atomic E-state index is 0.122. The van der Waals surface area contributed by atoms with E-state index in [2.05, 4.69) is 0 Å². The van der Waals surface area contributed by atoms with Crippen molar-refractivity contribution in [1.82, 2.24) is 4.90 Å². The smallest absolute Gasteiger partial charge is 0.327 e. The van der Waals surface area contributed by atoms with Gasteiger partial charge in [-0.3, -0.25) is 4.90 Å². The van der Waals surface area contributed by atoms with E-state index in [0.717, 1.165) is 5.56 Å². The first-order valence-corrected chi connectivity index (χ1v) is 6.78. The molecule has 1 aliphatic heterocycles. The van der Waals surface area contributed by atoms with Crippen LogP contribution in [0.15, 0.2) is 24.3 Å². The van der Waals surface area contributed by atoms with Crippen LogP contribution in [0.25, 0.3) is 0 Å². The number of fused-ring (bicyclic) bond motifs is 1. The van der Waals surface area contributed by atoms with Crippen LogP contribution in [0.5, 0.6) is 0 Å². The highest BCUT2D eigenvalue weighted by atomic mass is 16.4. The van der Waals surface area contributed by atoms with Crippen molar-refractivity contribution < 1.29 is 19.8 Å². The van der Waals surface area contributed by atoms with Gasteiger partial charge in [0.25, 0.3) is 0 Å². The number of aliphatic hydroxyl groups is 1. The number of rotatable bonds is 3. The second-order valence-corrected chi connectivity index (χ2v) is 6.01. The van der Waals surface area contributed by atoms with E-state index in [4.69, 9.17) is 0 Å². The van der Waals surface area contributed by atoms with Gasteiger partial charge in [-0.1, -0.05) is 18.2 Å². The summed E-state index contributed by atoms with van der Waals surface area (Å²) in [6, 6.07) is 5.85. The van der Waals surface area contributed by atoms with E-state index < -0.39 is 23.6 Å². The van der Waals surface area contributed by atoms with Crippen LogP contribution in [0.2, 0.25) is 0 Å². The molecule has 1 atom stereocenters. The van der Waals surface area contributed by atoms with Crippen molar-refractivity contribution in [1.29, 1.82) is 0 Å². The van der Waals surface area contributed by atoms with Crippen LogP contribution in [0.3, 0.4) is 0 Å². The maximum absolute atomic E-state index is 12.6. The molecule has 0 radical (unpaired) electrons. The molecule has 2 rings (SSSR count). The van der Waals surface area contributed by atoms with Gasteiger partial charge in [0.05, 0.1) is 12.1 Å². The van der Waals surface area contributed by atoms with Crippen molar-refractivity contribution >= 4 is 17.7 Å². The van der Waals surface area contributed by atoms with Crippen LogP contribution in [-0.2, 0) is 11.2 Å². The van der Waals surface area contributed by atoms with Gasteiger partial charge >= 0.3 is 12.0 Å². The summed E-state index contributed by atoms with van der Waals surface area (Å²) in [4.78, 5) is 26.6. The van der Waals surface area contributed by atoms with E-state index in [1.807, 2.05) is 12.1 Å². The first-order valence-electron chi connectivity index (χ1n) is 6.78. The third-order valence-electron chi connectivity index (χ3n) is 3.42. The van der Waals surface area contributed by atoms with E-state index in [9.17, 15) is 19.8 Å². The lowest BCUT2D eigenvalue weighted by Gasteiger charge is -2.31. The minimum Gasteiger partial charge on any atom is -0.480 e. The molecule has 0 spiro atoms. The van der Waals surface area contributed by atoms with Crippen LogP contribution in [0, 0.1) is 0 Å². The molecule has 1 aromatic rings. The Kier molecular flexibility index (Phi) is 3.91. The Morgan fingerprint density at radius 1 is 1.38 bits per heavy atom. The zero-order valence-electron chi connectivity index (χ0n) is 12.4. The van der Waals surface area contributed by atoms with E-state index in [0.29, 0.717) is 12.1 Å². The highest BCUT2D eigenvalue weighted by Crippen LogP contribution is 2.33. The molecule has 0 unspecified atom stereocenters. The average molecular weight is 292 g/mol. The Balaban J connectivity index is 2.30. The third kappa shape index (κ3) is 3.16. The summed E-state index contributed by atoms with van der Waals surface area (Å²) in [5, 5.41) is 19.2. The lowest BCUT2D eigenvalue weighted by atomic mass is 10.1. The van der Waals surface area contributed by atoms with E-state index in [1.54, 1.807) is 33.0 Å². The number of benzene rings is 1. The zero-order chi connectivity index (χ0) is 15.8. The van der Waals surface area contributed by atoms with Crippen molar-refractivity contribution in [3.8, 4) is 0 Å². The van der Waals surface area contributed by atoms with Gasteiger partial charge in [0.15, 0.2) is 0 Å². The fourth-order valence-electron chi connectivity index (χ4n) is 2.65. The molecule has 1 aromatic carbocycles. The van der Waals surface area contributed by atoms with Crippen LogP contribution in [-0.4, -0.2) is 52.3 Å². The van der Waals surface area contributed by atoms with Gasteiger partial charge in [-0.05, 0) is 25.5 Å². The lowest BCUT2D eigenvalue weighted by Crippen LogP contribution is -2.51. The first-order chi connectivity index (χ1) is 9.70. The van der Waals surface area contributed by atoms with E-state index in [1.165, 1.54) is 9.80 Å². The average Bonchev–Trinajstić information content (AvgIpc) is 2.75. The number of hydrogen-bond acceptors (Lipinski definition) is 3. The number of urea groups is 1. The summed E-state index contributed by atoms with van der Waals surface area (Å²) in [6.45, 7) is 3.32. The minimum atomic E-state index is -1.04. The van der Waals surface area contributed by atoms with Gasteiger partial charge in [-0.15, -0.1) is 0 Å². The number of likely N-dealkylation sites (N-methyl/N-ethyl adjacent to an activating group) is 1. The number of amides is 2. The van der Waals surface area contributed by atoms with E-state index >= 15 is 0 Å². The zero-order valence-corrected chi connectivity index (χ0v) is 12.4. The van der Waals surface area contributed by atoms with Crippen molar-refractivity contribution in [2.24, 2.45) is 0 Å². The van der Waals surface area contributed by atoms with Gasteiger partial charge in [0.1, 0.15) is 6.04 Å². The summed E-state index contributed by atoms with van der Waals surface area (Å²) >= 11 is 0. The third-order valence-corrected chi connectivity index (χ3v) is 3.42. The van der Waals surface area contributed by atoms with Gasteiger partial charge in [0.2, 0.25) is 0 Å². The van der Waals surface area contributed by atoms with Crippen molar-refractivity contribution in [3.63, 3.8) is 0 Å².